The Morgan fingerprint density at radius 1 is 1.30 bits per heavy atom. The molecule has 3 heteroatoms. The lowest BCUT2D eigenvalue weighted by molar-refractivity contribution is -0.0485. The largest absolute Gasteiger partial charge is 0.454 e. The van der Waals surface area contributed by atoms with Gasteiger partial charge in [0.05, 0.1) is 5.60 Å². The number of fused-ring (bicyclic) bond motifs is 1. The van der Waals surface area contributed by atoms with Crippen LogP contribution in [0.1, 0.15) is 70.3 Å². The zero-order chi connectivity index (χ0) is 19.1. The molecular formula is C24H34O3. The minimum Gasteiger partial charge on any atom is -0.454 e. The zero-order valence-corrected chi connectivity index (χ0v) is 16.7. The van der Waals surface area contributed by atoms with Gasteiger partial charge in [0.15, 0.2) is 11.5 Å². The van der Waals surface area contributed by atoms with Crippen LogP contribution in [-0.4, -0.2) is 17.5 Å². The quantitative estimate of drug-likeness (QED) is 0.545. The van der Waals surface area contributed by atoms with E-state index in [0.717, 1.165) is 69.3 Å². The van der Waals surface area contributed by atoms with Gasteiger partial charge >= 0.3 is 0 Å². The highest BCUT2D eigenvalue weighted by atomic mass is 16.7. The second kappa shape index (κ2) is 9.45. The molecule has 0 saturated heterocycles. The molecule has 3 nitrogen and oxygen atoms in total. The maximum absolute atomic E-state index is 11.0. The molecule has 0 amide bonds. The van der Waals surface area contributed by atoms with Crippen molar-refractivity contribution in [2.75, 3.05) is 6.79 Å². The van der Waals surface area contributed by atoms with Gasteiger partial charge in [0.2, 0.25) is 6.79 Å². The first kappa shape index (κ1) is 20.0. The summed E-state index contributed by atoms with van der Waals surface area (Å²) < 4.78 is 10.8. The van der Waals surface area contributed by atoms with Gasteiger partial charge in [-0.3, -0.25) is 0 Å². The molecule has 1 N–H and O–H groups in total. The Morgan fingerprint density at radius 2 is 2.15 bits per heavy atom. The molecule has 1 aliphatic heterocycles. The van der Waals surface area contributed by atoms with Gasteiger partial charge in [-0.1, -0.05) is 43.6 Å². The Bertz CT molecular complexity index is 664. The van der Waals surface area contributed by atoms with Gasteiger partial charge in [0.25, 0.3) is 0 Å². The molecule has 1 saturated carbocycles. The number of hydrogen-bond donors (Lipinski definition) is 1. The summed E-state index contributed by atoms with van der Waals surface area (Å²) in [5.41, 5.74) is 2.28. The normalized spacial score (nSPS) is 24.8. The minimum absolute atomic E-state index is 0.331. The molecule has 148 valence electrons. The molecule has 1 fully saturated rings. The van der Waals surface area contributed by atoms with Crippen LogP contribution in [0.3, 0.4) is 0 Å². The molecule has 0 spiro atoms. The van der Waals surface area contributed by atoms with Crippen LogP contribution in [0.15, 0.2) is 42.5 Å². The van der Waals surface area contributed by atoms with Gasteiger partial charge in [-0.25, -0.2) is 0 Å². The number of hydrogen-bond acceptors (Lipinski definition) is 3. The number of ether oxygens (including phenoxy) is 2. The number of aryl methyl sites for hydroxylation is 1. The van der Waals surface area contributed by atoms with Crippen molar-refractivity contribution in [2.45, 2.75) is 76.7 Å². The van der Waals surface area contributed by atoms with E-state index < -0.39 is 5.60 Å². The molecule has 2 unspecified atom stereocenters. The van der Waals surface area contributed by atoms with Gasteiger partial charge in [0, 0.05) is 0 Å². The predicted octanol–water partition coefficient (Wildman–Crippen LogP) is 5.96. The first-order chi connectivity index (χ1) is 13.1. The smallest absolute Gasteiger partial charge is 0.231 e. The van der Waals surface area contributed by atoms with Gasteiger partial charge in [-0.2, -0.15) is 0 Å². The van der Waals surface area contributed by atoms with E-state index in [1.165, 1.54) is 17.6 Å². The van der Waals surface area contributed by atoms with E-state index in [-0.39, 0.29) is 0 Å². The monoisotopic (exact) mass is 370 g/mol. The van der Waals surface area contributed by atoms with Crippen LogP contribution in [0.2, 0.25) is 0 Å². The molecular weight excluding hydrogens is 336 g/mol. The summed E-state index contributed by atoms with van der Waals surface area (Å²) in [4.78, 5) is 0. The highest BCUT2D eigenvalue weighted by Crippen LogP contribution is 2.40. The summed E-state index contributed by atoms with van der Waals surface area (Å²) >= 11 is 0. The maximum Gasteiger partial charge on any atom is 0.231 e. The first-order valence-electron chi connectivity index (χ1n) is 10.5. The Labute approximate surface area is 164 Å². The lowest BCUT2D eigenvalue weighted by Crippen LogP contribution is -2.40. The average Bonchev–Trinajstić information content (AvgIpc) is 3.13. The van der Waals surface area contributed by atoms with E-state index in [9.17, 15) is 5.11 Å². The average molecular weight is 371 g/mol. The van der Waals surface area contributed by atoms with Crippen molar-refractivity contribution < 1.29 is 14.6 Å². The fourth-order valence-electron chi connectivity index (χ4n) is 4.55. The Kier molecular flexibility index (Phi) is 7.01. The van der Waals surface area contributed by atoms with E-state index in [0.29, 0.717) is 12.7 Å². The number of allylic oxidation sites excluding steroid dienone is 2. The fraction of sp³-hybridized carbons (Fsp3) is 0.583. The number of rotatable bonds is 9. The Hall–Kier alpha value is -1.74. The third kappa shape index (κ3) is 5.16. The zero-order valence-electron chi connectivity index (χ0n) is 16.7. The highest BCUT2D eigenvalue weighted by Gasteiger charge is 2.37. The first-order valence-corrected chi connectivity index (χ1v) is 10.5. The van der Waals surface area contributed by atoms with Crippen LogP contribution in [0, 0.1) is 5.92 Å². The minimum atomic E-state index is -0.522. The Morgan fingerprint density at radius 3 is 2.96 bits per heavy atom. The van der Waals surface area contributed by atoms with Crippen molar-refractivity contribution >= 4 is 0 Å². The second-order valence-corrected chi connectivity index (χ2v) is 8.02. The Balaban J connectivity index is 1.51. The maximum atomic E-state index is 11.0. The lowest BCUT2D eigenvalue weighted by atomic mass is 9.71. The van der Waals surface area contributed by atoms with Crippen molar-refractivity contribution in [3.8, 4) is 11.5 Å². The van der Waals surface area contributed by atoms with E-state index >= 15 is 0 Å². The van der Waals surface area contributed by atoms with Gasteiger partial charge in [-0.05, 0) is 75.0 Å². The van der Waals surface area contributed by atoms with Crippen LogP contribution in [0.4, 0.5) is 0 Å². The van der Waals surface area contributed by atoms with Gasteiger partial charge < -0.3 is 14.6 Å². The number of aliphatic hydroxyl groups is 1. The lowest BCUT2D eigenvalue weighted by Gasteiger charge is -2.40. The molecule has 0 aromatic heterocycles. The summed E-state index contributed by atoms with van der Waals surface area (Å²) in [5.74, 6) is 2.13. The van der Waals surface area contributed by atoms with Crippen LogP contribution >= 0.6 is 0 Å². The predicted molar refractivity (Wildman–Crippen MR) is 110 cm³/mol. The van der Waals surface area contributed by atoms with Gasteiger partial charge in [0.1, 0.15) is 0 Å². The van der Waals surface area contributed by atoms with Crippen LogP contribution in [0.25, 0.3) is 0 Å². The highest BCUT2D eigenvalue weighted by molar-refractivity contribution is 5.44. The topological polar surface area (TPSA) is 38.7 Å². The van der Waals surface area contributed by atoms with Crippen molar-refractivity contribution in [1.82, 2.24) is 0 Å². The van der Waals surface area contributed by atoms with Gasteiger partial charge in [-0.15, -0.1) is 6.58 Å². The van der Waals surface area contributed by atoms with Crippen molar-refractivity contribution in [3.63, 3.8) is 0 Å². The molecule has 3 rings (SSSR count). The third-order valence-electron chi connectivity index (χ3n) is 6.24. The molecule has 27 heavy (non-hydrogen) atoms. The van der Waals surface area contributed by atoms with Crippen LogP contribution in [-0.2, 0) is 6.42 Å². The molecule has 1 aromatic rings. The van der Waals surface area contributed by atoms with Crippen molar-refractivity contribution in [3.05, 3.63) is 48.1 Å². The molecule has 0 bridgehead atoms. The van der Waals surface area contributed by atoms with Crippen LogP contribution < -0.4 is 9.47 Å². The van der Waals surface area contributed by atoms with E-state index in [1.807, 2.05) is 12.1 Å². The summed E-state index contributed by atoms with van der Waals surface area (Å²) in [6, 6.07) is 6.23. The van der Waals surface area contributed by atoms with E-state index in [4.69, 9.17) is 9.47 Å². The van der Waals surface area contributed by atoms with Crippen molar-refractivity contribution in [1.29, 1.82) is 0 Å². The molecule has 0 radical (unpaired) electrons. The fourth-order valence-corrected chi connectivity index (χ4v) is 4.55. The standard InChI is InChI=1S/C24H34O3/c1-3-15-24(25)16-6-5-10-21(24)13-11-19(4-2)8-7-9-20-12-14-22-23(17-20)27-18-26-22/h3,8,12,14,17,21,25H,1,4-7,9-11,13,15-16,18H2,2H3/b19-8+. The molecule has 2 aliphatic rings. The third-order valence-corrected chi connectivity index (χ3v) is 6.24. The summed E-state index contributed by atoms with van der Waals surface area (Å²) in [7, 11) is 0. The second-order valence-electron chi connectivity index (χ2n) is 8.02. The van der Waals surface area contributed by atoms with Crippen LogP contribution in [0.5, 0.6) is 11.5 Å². The molecule has 1 aromatic carbocycles. The summed E-state index contributed by atoms with van der Waals surface area (Å²) in [5, 5.41) is 11.0. The van der Waals surface area contributed by atoms with E-state index in [2.05, 4.69) is 31.7 Å². The number of benzene rings is 1. The van der Waals surface area contributed by atoms with Crippen molar-refractivity contribution in [2.24, 2.45) is 5.92 Å². The molecule has 1 heterocycles. The summed E-state index contributed by atoms with van der Waals surface area (Å²) in [6.07, 6.45) is 14.8. The SMILES string of the molecule is C=CCC1(O)CCCCC1CC/C(=C/CCc1ccc2c(c1)OCO2)CC. The molecule has 2 atom stereocenters. The summed E-state index contributed by atoms with van der Waals surface area (Å²) in [6.45, 7) is 6.42. The van der Waals surface area contributed by atoms with E-state index in [1.54, 1.807) is 0 Å². The molecule has 1 aliphatic carbocycles.